The monoisotopic (exact) mass is 344 g/mol. The third kappa shape index (κ3) is 6.52. The number of carbonyl (C=O) groups is 2. The van der Waals surface area contributed by atoms with E-state index >= 15 is 0 Å². The maximum absolute atomic E-state index is 12.6. The normalized spacial score (nSPS) is 15.2. The van der Waals surface area contributed by atoms with Crippen LogP contribution in [0.2, 0.25) is 0 Å². The van der Waals surface area contributed by atoms with Crippen LogP contribution in [0, 0.1) is 5.92 Å². The van der Waals surface area contributed by atoms with Crippen molar-refractivity contribution >= 4 is 17.5 Å². The van der Waals surface area contributed by atoms with Gasteiger partial charge in [-0.05, 0) is 43.4 Å². The highest BCUT2D eigenvalue weighted by atomic mass is 16.2. The minimum atomic E-state index is 0.0351. The number of hydrogen-bond acceptors (Lipinski definition) is 2. The summed E-state index contributed by atoms with van der Waals surface area (Å²) in [7, 11) is 0. The van der Waals surface area contributed by atoms with Crippen molar-refractivity contribution in [3.8, 4) is 0 Å². The lowest BCUT2D eigenvalue weighted by Gasteiger charge is -2.30. The van der Waals surface area contributed by atoms with Crippen LogP contribution in [-0.4, -0.2) is 29.8 Å². The fourth-order valence-electron chi connectivity index (χ4n) is 3.24. The van der Waals surface area contributed by atoms with Crippen molar-refractivity contribution in [2.45, 2.75) is 65.2 Å². The fraction of sp³-hybridized carbons (Fsp3) is 0.619. The lowest BCUT2D eigenvalue weighted by molar-refractivity contribution is -0.116. The van der Waals surface area contributed by atoms with Gasteiger partial charge in [0.25, 0.3) is 5.91 Å². The second-order valence-electron chi connectivity index (χ2n) is 7.27. The van der Waals surface area contributed by atoms with Crippen molar-refractivity contribution in [3.63, 3.8) is 0 Å². The highest BCUT2D eigenvalue weighted by Crippen LogP contribution is 2.20. The van der Waals surface area contributed by atoms with E-state index in [0.29, 0.717) is 17.9 Å². The van der Waals surface area contributed by atoms with E-state index in [4.69, 9.17) is 0 Å². The number of piperidine rings is 1. The van der Waals surface area contributed by atoms with Gasteiger partial charge in [0.2, 0.25) is 5.91 Å². The van der Waals surface area contributed by atoms with E-state index in [1.54, 1.807) is 6.07 Å². The molecule has 2 amide bonds. The predicted molar refractivity (Wildman–Crippen MR) is 103 cm³/mol. The molecule has 0 atom stereocenters. The molecule has 1 aromatic rings. The van der Waals surface area contributed by atoms with Gasteiger partial charge in [0.1, 0.15) is 0 Å². The van der Waals surface area contributed by atoms with Crippen LogP contribution in [-0.2, 0) is 4.79 Å². The first-order valence-electron chi connectivity index (χ1n) is 9.79. The Labute approximate surface area is 152 Å². The van der Waals surface area contributed by atoms with E-state index in [1.807, 2.05) is 23.1 Å². The lowest BCUT2D eigenvalue weighted by atomic mass is 9.98. The molecule has 4 heteroatoms. The van der Waals surface area contributed by atoms with E-state index < -0.39 is 0 Å². The summed E-state index contributed by atoms with van der Waals surface area (Å²) in [6.45, 7) is 6.08. The molecule has 138 valence electrons. The molecule has 2 rings (SSSR count). The van der Waals surface area contributed by atoms with Crippen molar-refractivity contribution in [1.29, 1.82) is 0 Å². The Morgan fingerprint density at radius 2 is 1.84 bits per heavy atom. The zero-order valence-corrected chi connectivity index (χ0v) is 15.7. The van der Waals surface area contributed by atoms with Crippen LogP contribution >= 0.6 is 0 Å². The van der Waals surface area contributed by atoms with Crippen molar-refractivity contribution in [1.82, 2.24) is 4.90 Å². The third-order valence-electron chi connectivity index (χ3n) is 4.97. The Hall–Kier alpha value is -1.84. The minimum absolute atomic E-state index is 0.0351. The van der Waals surface area contributed by atoms with Crippen molar-refractivity contribution < 1.29 is 9.59 Å². The predicted octanol–water partition coefficient (Wildman–Crippen LogP) is 4.86. The maximum Gasteiger partial charge on any atom is 0.253 e. The van der Waals surface area contributed by atoms with Crippen LogP contribution < -0.4 is 5.32 Å². The first-order valence-corrected chi connectivity index (χ1v) is 9.79. The molecule has 0 radical (unpaired) electrons. The molecule has 0 spiro atoms. The summed E-state index contributed by atoms with van der Waals surface area (Å²) < 4.78 is 0. The van der Waals surface area contributed by atoms with Crippen LogP contribution in [0.25, 0.3) is 0 Å². The Morgan fingerprint density at radius 1 is 1.12 bits per heavy atom. The minimum Gasteiger partial charge on any atom is -0.339 e. The summed E-state index contributed by atoms with van der Waals surface area (Å²) in [5.41, 5.74) is 1.38. The van der Waals surface area contributed by atoms with Gasteiger partial charge < -0.3 is 10.2 Å². The number of amides is 2. The van der Waals surface area contributed by atoms with Crippen LogP contribution in [0.1, 0.15) is 75.6 Å². The topological polar surface area (TPSA) is 49.4 Å². The summed E-state index contributed by atoms with van der Waals surface area (Å²) >= 11 is 0. The standard InChI is InChI=1S/C21H32N2O2/c1-3-4-5-6-7-11-20(24)22-19-10-8-9-18(16-19)21(25)23-14-12-17(2)13-15-23/h8-10,16-17H,3-7,11-15H2,1-2H3,(H,22,24). The summed E-state index contributed by atoms with van der Waals surface area (Å²) in [6, 6.07) is 7.33. The van der Waals surface area contributed by atoms with E-state index in [1.165, 1.54) is 19.3 Å². The Balaban J connectivity index is 1.83. The third-order valence-corrected chi connectivity index (χ3v) is 4.97. The highest BCUT2D eigenvalue weighted by Gasteiger charge is 2.21. The average Bonchev–Trinajstić information content (AvgIpc) is 2.62. The fourth-order valence-corrected chi connectivity index (χ4v) is 3.24. The summed E-state index contributed by atoms with van der Waals surface area (Å²) in [4.78, 5) is 26.6. The first kappa shape index (κ1) is 19.5. The van der Waals surface area contributed by atoms with Gasteiger partial charge in [-0.25, -0.2) is 0 Å². The molecule has 1 N–H and O–H groups in total. The Morgan fingerprint density at radius 3 is 2.56 bits per heavy atom. The molecule has 1 heterocycles. The van der Waals surface area contributed by atoms with E-state index in [2.05, 4.69) is 19.2 Å². The zero-order valence-electron chi connectivity index (χ0n) is 15.7. The highest BCUT2D eigenvalue weighted by molar-refractivity contribution is 5.97. The summed E-state index contributed by atoms with van der Waals surface area (Å²) in [5.74, 6) is 0.808. The number of benzene rings is 1. The van der Waals surface area contributed by atoms with Crippen molar-refractivity contribution in [3.05, 3.63) is 29.8 Å². The molecule has 1 aromatic carbocycles. The lowest BCUT2D eigenvalue weighted by Crippen LogP contribution is -2.37. The number of nitrogens with zero attached hydrogens (tertiary/aromatic N) is 1. The Bertz CT molecular complexity index is 563. The molecule has 0 unspecified atom stereocenters. The molecule has 4 nitrogen and oxygen atoms in total. The van der Waals surface area contributed by atoms with Crippen LogP contribution in [0.5, 0.6) is 0 Å². The summed E-state index contributed by atoms with van der Waals surface area (Å²) in [6.07, 6.45) is 8.36. The molecule has 1 aliphatic heterocycles. The van der Waals surface area contributed by atoms with Crippen LogP contribution in [0.15, 0.2) is 24.3 Å². The van der Waals surface area contributed by atoms with Crippen molar-refractivity contribution in [2.24, 2.45) is 5.92 Å². The number of likely N-dealkylation sites (tertiary alicyclic amines) is 1. The maximum atomic E-state index is 12.6. The van der Waals surface area contributed by atoms with E-state index in [0.717, 1.165) is 44.5 Å². The van der Waals surface area contributed by atoms with Crippen LogP contribution in [0.4, 0.5) is 5.69 Å². The molecule has 1 aliphatic rings. The molecule has 1 fully saturated rings. The molecule has 0 aliphatic carbocycles. The molecular weight excluding hydrogens is 312 g/mol. The number of anilines is 1. The molecule has 0 aromatic heterocycles. The molecule has 25 heavy (non-hydrogen) atoms. The van der Waals surface area contributed by atoms with Gasteiger partial charge in [0.15, 0.2) is 0 Å². The zero-order chi connectivity index (χ0) is 18.1. The van der Waals surface area contributed by atoms with Gasteiger partial charge in [0.05, 0.1) is 0 Å². The van der Waals surface area contributed by atoms with Gasteiger partial charge >= 0.3 is 0 Å². The van der Waals surface area contributed by atoms with Gasteiger partial charge in [-0.3, -0.25) is 9.59 Å². The number of hydrogen-bond donors (Lipinski definition) is 1. The molecular formula is C21H32N2O2. The average molecular weight is 344 g/mol. The second-order valence-corrected chi connectivity index (χ2v) is 7.27. The smallest absolute Gasteiger partial charge is 0.253 e. The Kier molecular flexibility index (Phi) is 7.96. The number of unbranched alkanes of at least 4 members (excludes halogenated alkanes) is 4. The van der Waals surface area contributed by atoms with Crippen LogP contribution in [0.3, 0.4) is 0 Å². The number of rotatable bonds is 8. The van der Waals surface area contributed by atoms with Gasteiger partial charge in [-0.15, -0.1) is 0 Å². The van der Waals surface area contributed by atoms with Gasteiger partial charge in [0, 0.05) is 30.8 Å². The molecule has 0 saturated carbocycles. The first-order chi connectivity index (χ1) is 12.1. The number of nitrogens with one attached hydrogen (secondary N) is 1. The largest absolute Gasteiger partial charge is 0.339 e. The van der Waals surface area contributed by atoms with E-state index in [-0.39, 0.29) is 11.8 Å². The van der Waals surface area contributed by atoms with Gasteiger partial charge in [-0.2, -0.15) is 0 Å². The quantitative estimate of drug-likeness (QED) is 0.685. The number of carbonyl (C=O) groups excluding carboxylic acids is 2. The molecule has 1 saturated heterocycles. The summed E-state index contributed by atoms with van der Waals surface area (Å²) in [5, 5.41) is 2.93. The molecule has 0 bridgehead atoms. The second kappa shape index (κ2) is 10.2. The SMILES string of the molecule is CCCCCCCC(=O)Nc1cccc(C(=O)N2CCC(C)CC2)c1. The van der Waals surface area contributed by atoms with Gasteiger partial charge in [-0.1, -0.05) is 45.6 Å². The van der Waals surface area contributed by atoms with E-state index in [9.17, 15) is 9.59 Å². The van der Waals surface area contributed by atoms with Crippen molar-refractivity contribution in [2.75, 3.05) is 18.4 Å².